The van der Waals surface area contributed by atoms with E-state index in [9.17, 15) is 8.78 Å². The zero-order valence-corrected chi connectivity index (χ0v) is 13.2. The average molecular weight is 283 g/mol. The molecule has 0 aliphatic carbocycles. The first-order chi connectivity index (χ1) is 9.59. The van der Waals surface area contributed by atoms with E-state index in [4.69, 9.17) is 0 Å². The fraction of sp³-hybridized carbons (Fsp3) is 0.375. The second-order valence-corrected chi connectivity index (χ2v) is 3.27. The van der Waals surface area contributed by atoms with Gasteiger partial charge in [0.25, 0.3) is 0 Å². The second kappa shape index (κ2) is 13.6. The van der Waals surface area contributed by atoms with Crippen LogP contribution in [0.15, 0.2) is 42.7 Å². The van der Waals surface area contributed by atoms with Crippen molar-refractivity contribution in [1.29, 1.82) is 0 Å². The van der Waals surface area contributed by atoms with E-state index in [2.05, 4.69) is 5.10 Å². The number of nitrogens with zero attached hydrogens (tertiary/aromatic N) is 2. The van der Waals surface area contributed by atoms with Gasteiger partial charge in [-0.15, -0.1) is 0 Å². The molecule has 0 amide bonds. The van der Waals surface area contributed by atoms with Gasteiger partial charge >= 0.3 is 0 Å². The maximum Gasteiger partial charge on any atom is 0.195 e. The third-order valence-corrected chi connectivity index (χ3v) is 1.87. The highest BCUT2D eigenvalue weighted by Crippen LogP contribution is 2.06. The molecular formula is C16H25F2N2+. The lowest BCUT2D eigenvalue weighted by atomic mass is 10.2. The predicted octanol–water partition coefficient (Wildman–Crippen LogP) is 4.23. The first-order valence-electron chi connectivity index (χ1n) is 6.78. The molecule has 0 spiro atoms. The highest BCUT2D eigenvalue weighted by atomic mass is 19.1. The lowest BCUT2D eigenvalue weighted by molar-refractivity contribution is -0.730. The molecule has 0 fully saturated rings. The number of hydrogen-bond donors (Lipinski definition) is 0. The maximum absolute atomic E-state index is 12.3. The SMILES string of the molecule is CC.CC.C[n+]1ccccn1.Cc1cc(F)ccc1F. The van der Waals surface area contributed by atoms with E-state index in [1.807, 2.05) is 53.1 Å². The lowest BCUT2D eigenvalue weighted by Crippen LogP contribution is -2.30. The number of aryl methyl sites for hydroxylation is 2. The third-order valence-electron chi connectivity index (χ3n) is 1.87. The van der Waals surface area contributed by atoms with Gasteiger partial charge in [0.05, 0.1) is 6.20 Å². The van der Waals surface area contributed by atoms with Crippen molar-refractivity contribution >= 4 is 0 Å². The van der Waals surface area contributed by atoms with Crippen LogP contribution < -0.4 is 4.68 Å². The minimum atomic E-state index is -0.395. The quantitative estimate of drug-likeness (QED) is 0.661. The molecule has 2 rings (SSSR count). The molecule has 1 heterocycles. The zero-order valence-electron chi connectivity index (χ0n) is 13.2. The van der Waals surface area contributed by atoms with Crippen molar-refractivity contribution in [3.05, 3.63) is 59.9 Å². The second-order valence-electron chi connectivity index (χ2n) is 3.27. The van der Waals surface area contributed by atoms with Gasteiger partial charge in [-0.25, -0.2) is 8.78 Å². The van der Waals surface area contributed by atoms with Crippen LogP contribution in [-0.2, 0) is 7.05 Å². The molecule has 20 heavy (non-hydrogen) atoms. The van der Waals surface area contributed by atoms with Crippen LogP contribution in [-0.4, -0.2) is 5.10 Å². The summed E-state index contributed by atoms with van der Waals surface area (Å²) in [6.07, 6.45) is 3.64. The Bertz CT molecular complexity index is 445. The van der Waals surface area contributed by atoms with Crippen molar-refractivity contribution in [2.45, 2.75) is 34.6 Å². The van der Waals surface area contributed by atoms with Gasteiger partial charge in [-0.1, -0.05) is 32.4 Å². The van der Waals surface area contributed by atoms with Crippen molar-refractivity contribution in [2.75, 3.05) is 0 Å². The Morgan fingerprint density at radius 2 is 1.60 bits per heavy atom. The molecule has 2 nitrogen and oxygen atoms in total. The van der Waals surface area contributed by atoms with Gasteiger partial charge in [0.1, 0.15) is 11.6 Å². The standard InChI is InChI=1S/C7H6F2.C5H7N2.2C2H6/c1-5-4-6(8)2-3-7(5)9;1-7-5-3-2-4-6-7;2*1-2/h2-4H,1H3;2-5H,1H3;2*1-2H3/q;+1;;. The van der Waals surface area contributed by atoms with Crippen LogP contribution in [0.2, 0.25) is 0 Å². The molecule has 0 atom stereocenters. The number of rotatable bonds is 0. The summed E-state index contributed by atoms with van der Waals surface area (Å²) in [6.45, 7) is 9.53. The van der Waals surface area contributed by atoms with E-state index in [1.54, 1.807) is 10.9 Å². The van der Waals surface area contributed by atoms with Gasteiger partial charge in [0, 0.05) is 6.07 Å². The maximum atomic E-state index is 12.3. The van der Waals surface area contributed by atoms with Crippen LogP contribution in [0.3, 0.4) is 0 Å². The van der Waals surface area contributed by atoms with E-state index in [1.165, 1.54) is 6.92 Å². The van der Waals surface area contributed by atoms with Crippen LogP contribution in [0.25, 0.3) is 0 Å². The summed E-state index contributed by atoms with van der Waals surface area (Å²) in [5.41, 5.74) is 0.343. The van der Waals surface area contributed by atoms with Crippen LogP contribution in [0.5, 0.6) is 0 Å². The van der Waals surface area contributed by atoms with Gasteiger partial charge in [-0.3, -0.25) is 0 Å². The fourth-order valence-corrected chi connectivity index (χ4v) is 1.01. The Balaban J connectivity index is 0. The summed E-state index contributed by atoms with van der Waals surface area (Å²) in [7, 11) is 1.89. The Labute approximate surface area is 121 Å². The molecule has 0 unspecified atom stereocenters. The number of aromatic nitrogens is 2. The topological polar surface area (TPSA) is 16.8 Å². The number of halogens is 2. The van der Waals surface area contributed by atoms with Crippen molar-refractivity contribution in [3.8, 4) is 0 Å². The Morgan fingerprint density at radius 3 is 1.90 bits per heavy atom. The average Bonchev–Trinajstić information content (AvgIpc) is 2.49. The summed E-state index contributed by atoms with van der Waals surface area (Å²) in [5.74, 6) is -0.759. The first-order valence-corrected chi connectivity index (χ1v) is 6.78. The number of hydrogen-bond acceptors (Lipinski definition) is 1. The minimum absolute atomic E-state index is 0.343. The van der Waals surface area contributed by atoms with E-state index in [0.29, 0.717) is 5.56 Å². The zero-order chi connectivity index (χ0) is 16.0. The molecular weight excluding hydrogens is 258 g/mol. The lowest BCUT2D eigenvalue weighted by Gasteiger charge is -1.92. The summed E-state index contributed by atoms with van der Waals surface area (Å²) >= 11 is 0. The van der Waals surface area contributed by atoms with Gasteiger partial charge < -0.3 is 0 Å². The molecule has 4 heteroatoms. The third kappa shape index (κ3) is 10.1. The fourth-order valence-electron chi connectivity index (χ4n) is 1.01. The van der Waals surface area contributed by atoms with Crippen molar-refractivity contribution in [1.82, 2.24) is 5.10 Å². The van der Waals surface area contributed by atoms with Gasteiger partial charge in [0.15, 0.2) is 13.2 Å². The van der Waals surface area contributed by atoms with Gasteiger partial charge in [-0.2, -0.15) is 0 Å². The molecule has 2 aromatic rings. The van der Waals surface area contributed by atoms with Crippen LogP contribution >= 0.6 is 0 Å². The Morgan fingerprint density at radius 1 is 1.00 bits per heavy atom. The molecule has 0 saturated heterocycles. The molecule has 1 aromatic carbocycles. The summed E-state index contributed by atoms with van der Waals surface area (Å²) < 4.78 is 26.3. The molecule has 0 N–H and O–H groups in total. The summed E-state index contributed by atoms with van der Waals surface area (Å²) in [4.78, 5) is 0. The molecule has 0 saturated carbocycles. The molecule has 0 aliphatic rings. The smallest absolute Gasteiger partial charge is 0.195 e. The largest absolute Gasteiger partial charge is 0.207 e. The highest BCUT2D eigenvalue weighted by molar-refractivity contribution is 5.16. The molecule has 0 bridgehead atoms. The predicted molar refractivity (Wildman–Crippen MR) is 79.2 cm³/mol. The Kier molecular flexibility index (Phi) is 13.9. The van der Waals surface area contributed by atoms with Crippen molar-refractivity contribution < 1.29 is 13.5 Å². The first kappa shape index (κ1) is 20.5. The highest BCUT2D eigenvalue weighted by Gasteiger charge is 1.95. The van der Waals surface area contributed by atoms with Gasteiger partial charge in [0.2, 0.25) is 0 Å². The van der Waals surface area contributed by atoms with Gasteiger partial charge in [-0.05, 0) is 41.9 Å². The van der Waals surface area contributed by atoms with E-state index in [0.717, 1.165) is 18.2 Å². The number of benzene rings is 1. The molecule has 0 aliphatic heterocycles. The Hall–Kier alpha value is -1.84. The molecule has 1 aromatic heterocycles. The van der Waals surface area contributed by atoms with E-state index in [-0.39, 0.29) is 5.82 Å². The van der Waals surface area contributed by atoms with Crippen LogP contribution in [0.1, 0.15) is 33.3 Å². The molecule has 112 valence electrons. The minimum Gasteiger partial charge on any atom is -0.207 e. The van der Waals surface area contributed by atoms with E-state index < -0.39 is 5.82 Å². The molecule has 0 radical (unpaired) electrons. The van der Waals surface area contributed by atoms with Crippen molar-refractivity contribution in [2.24, 2.45) is 7.05 Å². The van der Waals surface area contributed by atoms with Crippen LogP contribution in [0.4, 0.5) is 8.78 Å². The normalized spacial score (nSPS) is 8.00. The van der Waals surface area contributed by atoms with E-state index >= 15 is 0 Å². The van der Waals surface area contributed by atoms with Crippen LogP contribution in [0, 0.1) is 18.6 Å². The monoisotopic (exact) mass is 283 g/mol. The summed E-state index contributed by atoms with van der Waals surface area (Å²) in [5, 5.41) is 3.90. The summed E-state index contributed by atoms with van der Waals surface area (Å²) in [6, 6.07) is 7.20. The van der Waals surface area contributed by atoms with Crippen molar-refractivity contribution in [3.63, 3.8) is 0 Å².